The van der Waals surface area contributed by atoms with Crippen molar-refractivity contribution >= 4 is 0 Å². The summed E-state index contributed by atoms with van der Waals surface area (Å²) in [4.78, 5) is 19.1. The molecule has 3 aromatic heterocycles. The Morgan fingerprint density at radius 1 is 0.882 bits per heavy atom. The van der Waals surface area contributed by atoms with Crippen LogP contribution in [-0.2, 0) is 0 Å². The summed E-state index contributed by atoms with van der Waals surface area (Å²) in [6, 6.07) is 23.4. The molecule has 0 aliphatic heterocycles. The molecular formula is C26H25N7O. The van der Waals surface area contributed by atoms with E-state index in [1.807, 2.05) is 67.0 Å². The molecule has 1 unspecified atom stereocenters. The molecule has 3 heterocycles. The maximum absolute atomic E-state index is 9.54. The van der Waals surface area contributed by atoms with Crippen LogP contribution in [0.3, 0.4) is 0 Å². The summed E-state index contributed by atoms with van der Waals surface area (Å²) in [5.74, 6) is 0.0178. The fraction of sp³-hybridized carbons (Fsp3) is 0.154. The highest BCUT2D eigenvalue weighted by Crippen LogP contribution is 2.42. The van der Waals surface area contributed by atoms with E-state index in [0.29, 0.717) is 24.5 Å². The number of aromatic nitrogens is 3. The lowest BCUT2D eigenvalue weighted by molar-refractivity contribution is 0.143. The quantitative estimate of drug-likeness (QED) is 0.248. The molecule has 0 aliphatic carbocycles. The first-order valence-electron chi connectivity index (χ1n) is 10.9. The Hall–Kier alpha value is -4.16. The van der Waals surface area contributed by atoms with E-state index in [2.05, 4.69) is 27.1 Å². The number of pyridine rings is 3. The summed E-state index contributed by atoms with van der Waals surface area (Å²) in [7, 11) is 0. The van der Waals surface area contributed by atoms with E-state index in [9.17, 15) is 5.26 Å². The second-order valence-corrected chi connectivity index (χ2v) is 7.59. The number of hydrogen-bond acceptors (Lipinski definition) is 8. The van der Waals surface area contributed by atoms with Gasteiger partial charge in [-0.15, -0.1) is 0 Å². The Balaban J connectivity index is 1.83. The van der Waals surface area contributed by atoms with E-state index < -0.39 is 0 Å². The number of nitrogens with two attached hydrogens (primary N) is 1. The molecule has 0 saturated carbocycles. The molecule has 0 bridgehead atoms. The van der Waals surface area contributed by atoms with Crippen molar-refractivity contribution in [2.24, 2.45) is 5.73 Å². The van der Waals surface area contributed by atoms with Gasteiger partial charge in [-0.05, 0) is 47.0 Å². The Kier molecular flexibility index (Phi) is 7.87. The van der Waals surface area contributed by atoms with Crippen molar-refractivity contribution in [3.8, 4) is 11.9 Å². The summed E-state index contributed by atoms with van der Waals surface area (Å²) in [5, 5.41) is 9.54. The molecule has 0 amide bonds. The third kappa shape index (κ3) is 5.60. The molecule has 0 saturated heterocycles. The maximum Gasteiger partial charge on any atom is 0.239 e. The summed E-state index contributed by atoms with van der Waals surface area (Å²) < 4.78 is 0. The number of benzene rings is 1. The number of nitrogens with zero attached hydrogens (tertiary/aromatic N) is 4. The predicted molar refractivity (Wildman–Crippen MR) is 128 cm³/mol. The van der Waals surface area contributed by atoms with Gasteiger partial charge >= 0.3 is 0 Å². The van der Waals surface area contributed by atoms with Gasteiger partial charge in [0.1, 0.15) is 0 Å². The molecular weight excluding hydrogens is 426 g/mol. The minimum Gasteiger partial charge on any atom is -0.374 e. The highest BCUT2D eigenvalue weighted by Gasteiger charge is 2.30. The van der Waals surface area contributed by atoms with Gasteiger partial charge in [0.05, 0.1) is 17.3 Å². The molecule has 0 fully saturated rings. The van der Waals surface area contributed by atoms with Crippen LogP contribution in [0, 0.1) is 11.3 Å². The van der Waals surface area contributed by atoms with E-state index in [1.54, 1.807) is 24.5 Å². The van der Waals surface area contributed by atoms with Gasteiger partial charge in [-0.1, -0.05) is 35.9 Å². The fourth-order valence-corrected chi connectivity index (χ4v) is 3.91. The second kappa shape index (κ2) is 11.6. The standard InChI is InChI=1S/C26H25N7O/c27-11-14-31-33-34-24-10-2-9-23(32-24)26(20-6-1-5-19(15-20)16-28)25(21-7-3-12-29-17-21)22-8-4-13-30-18-22/h1-10,12-13,15,17-18,25-26,31,33H,11,14,27H2. The molecule has 0 radical (unpaired) electrons. The van der Waals surface area contributed by atoms with Crippen molar-refractivity contribution in [3.63, 3.8) is 0 Å². The molecule has 4 aromatic rings. The lowest BCUT2D eigenvalue weighted by Gasteiger charge is -2.28. The van der Waals surface area contributed by atoms with Crippen LogP contribution in [0.25, 0.3) is 0 Å². The van der Waals surface area contributed by atoms with Gasteiger partial charge in [0, 0.05) is 55.8 Å². The van der Waals surface area contributed by atoms with E-state index in [4.69, 9.17) is 15.6 Å². The maximum atomic E-state index is 9.54. The smallest absolute Gasteiger partial charge is 0.239 e. The van der Waals surface area contributed by atoms with Gasteiger partial charge in [-0.25, -0.2) is 10.4 Å². The summed E-state index contributed by atoms with van der Waals surface area (Å²) in [6.07, 6.45) is 7.22. The zero-order chi connectivity index (χ0) is 23.6. The van der Waals surface area contributed by atoms with Crippen LogP contribution in [0.1, 0.15) is 39.8 Å². The molecule has 1 aromatic carbocycles. The first-order valence-corrected chi connectivity index (χ1v) is 10.9. The lowest BCUT2D eigenvalue weighted by Crippen LogP contribution is -2.38. The number of nitriles is 1. The zero-order valence-electron chi connectivity index (χ0n) is 18.5. The van der Waals surface area contributed by atoms with Crippen molar-refractivity contribution in [2.75, 3.05) is 13.1 Å². The van der Waals surface area contributed by atoms with Gasteiger partial charge in [0.2, 0.25) is 5.88 Å². The Labute approximate surface area is 198 Å². The van der Waals surface area contributed by atoms with Crippen LogP contribution >= 0.6 is 0 Å². The van der Waals surface area contributed by atoms with Crippen LogP contribution in [0.4, 0.5) is 0 Å². The van der Waals surface area contributed by atoms with Gasteiger partial charge < -0.3 is 10.6 Å². The first-order chi connectivity index (χ1) is 16.8. The fourth-order valence-electron chi connectivity index (χ4n) is 3.91. The average molecular weight is 452 g/mol. The zero-order valence-corrected chi connectivity index (χ0v) is 18.5. The highest BCUT2D eigenvalue weighted by atomic mass is 16.7. The van der Waals surface area contributed by atoms with Crippen LogP contribution in [-0.4, -0.2) is 28.0 Å². The molecule has 170 valence electrons. The SMILES string of the molecule is N#Cc1cccc(C(c2cccc(ONNCCN)n2)C(c2cccnc2)c2cccnc2)c1. The number of hydrazine groups is 1. The van der Waals surface area contributed by atoms with Crippen molar-refractivity contribution < 1.29 is 4.84 Å². The first kappa shape index (κ1) is 23.0. The molecule has 8 nitrogen and oxygen atoms in total. The predicted octanol–water partition coefficient (Wildman–Crippen LogP) is 3.05. The summed E-state index contributed by atoms with van der Waals surface area (Å²) in [5.41, 5.74) is 15.4. The molecule has 4 rings (SSSR count). The highest BCUT2D eigenvalue weighted by molar-refractivity contribution is 5.44. The summed E-state index contributed by atoms with van der Waals surface area (Å²) >= 11 is 0. The Bertz CT molecular complexity index is 1190. The topological polar surface area (TPSA) is 122 Å². The molecule has 4 N–H and O–H groups in total. The van der Waals surface area contributed by atoms with Crippen molar-refractivity contribution in [3.05, 3.63) is 119 Å². The number of hydrogen-bond donors (Lipinski definition) is 3. The van der Waals surface area contributed by atoms with Crippen LogP contribution in [0.5, 0.6) is 5.88 Å². The van der Waals surface area contributed by atoms with Gasteiger partial charge in [0.15, 0.2) is 0 Å². The third-order valence-corrected chi connectivity index (χ3v) is 5.36. The van der Waals surface area contributed by atoms with Gasteiger partial charge in [-0.3, -0.25) is 9.97 Å². The van der Waals surface area contributed by atoms with E-state index in [-0.39, 0.29) is 11.8 Å². The molecule has 34 heavy (non-hydrogen) atoms. The third-order valence-electron chi connectivity index (χ3n) is 5.36. The minimum atomic E-state index is -0.234. The largest absolute Gasteiger partial charge is 0.374 e. The molecule has 0 aliphatic rings. The van der Waals surface area contributed by atoms with E-state index in [0.717, 1.165) is 22.4 Å². The monoisotopic (exact) mass is 451 g/mol. The summed E-state index contributed by atoms with van der Waals surface area (Å²) in [6.45, 7) is 1.02. The molecule has 8 heteroatoms. The normalized spacial score (nSPS) is 11.7. The van der Waals surface area contributed by atoms with Crippen molar-refractivity contribution in [1.82, 2.24) is 26.0 Å². The number of rotatable bonds is 10. The van der Waals surface area contributed by atoms with Gasteiger partial charge in [-0.2, -0.15) is 5.26 Å². The Morgan fingerprint density at radius 3 is 2.24 bits per heavy atom. The van der Waals surface area contributed by atoms with E-state index >= 15 is 0 Å². The van der Waals surface area contributed by atoms with Crippen LogP contribution < -0.4 is 21.6 Å². The van der Waals surface area contributed by atoms with Gasteiger partial charge in [0.25, 0.3) is 0 Å². The van der Waals surface area contributed by atoms with Crippen molar-refractivity contribution in [2.45, 2.75) is 11.8 Å². The van der Waals surface area contributed by atoms with Crippen molar-refractivity contribution in [1.29, 1.82) is 5.26 Å². The van der Waals surface area contributed by atoms with Crippen LogP contribution in [0.2, 0.25) is 0 Å². The lowest BCUT2D eigenvalue weighted by atomic mass is 9.76. The minimum absolute atomic E-state index is 0.151. The van der Waals surface area contributed by atoms with Crippen LogP contribution in [0.15, 0.2) is 91.5 Å². The average Bonchev–Trinajstić information content (AvgIpc) is 2.91. The molecule has 1 atom stereocenters. The van der Waals surface area contributed by atoms with E-state index in [1.165, 1.54) is 0 Å². The second-order valence-electron chi connectivity index (χ2n) is 7.59. The molecule has 0 spiro atoms. The Morgan fingerprint density at radius 2 is 1.59 bits per heavy atom. The number of nitrogens with one attached hydrogen (secondary N) is 2.